The van der Waals surface area contributed by atoms with Crippen LogP contribution in [0.15, 0.2) is 24.3 Å². The van der Waals surface area contributed by atoms with Gasteiger partial charge in [0.15, 0.2) is 0 Å². The average molecular weight is 600 g/mol. The zero-order valence-electron chi connectivity index (χ0n) is 21.3. The largest absolute Gasteiger partial charge is 0.471 e. The Labute approximate surface area is 240 Å². The number of likely N-dealkylation sites (tertiary alicyclic amines) is 1. The number of fused-ring (bicyclic) bond motifs is 8. The van der Waals surface area contributed by atoms with E-state index in [0.29, 0.717) is 35.8 Å². The van der Waals surface area contributed by atoms with Crippen molar-refractivity contribution in [1.82, 2.24) is 4.90 Å². The molecule has 2 aromatic rings. The molecule has 230 valence electrons. The van der Waals surface area contributed by atoms with Crippen molar-refractivity contribution < 1.29 is 36.6 Å². The molecule has 13 heteroatoms. The van der Waals surface area contributed by atoms with Crippen LogP contribution in [0, 0.1) is 43.7 Å². The third kappa shape index (κ3) is 6.39. The second-order valence-electron chi connectivity index (χ2n) is 11.2. The first-order valence-corrected chi connectivity index (χ1v) is 13.1. The predicted octanol–water partition coefficient (Wildman–Crippen LogP) is 7.62. The van der Waals surface area contributed by atoms with Gasteiger partial charge in [0.05, 0.1) is 9.85 Å². The highest BCUT2D eigenvalue weighted by Crippen LogP contribution is 2.45. The molecular weight excluding hydrogens is 565 g/mol. The van der Waals surface area contributed by atoms with Gasteiger partial charge in [-0.1, -0.05) is 27.7 Å². The number of piperidine rings is 1. The van der Waals surface area contributed by atoms with Crippen LogP contribution >= 0.6 is 0 Å². The first-order valence-electron chi connectivity index (χ1n) is 13.1. The van der Waals surface area contributed by atoms with Crippen molar-refractivity contribution in [3.63, 3.8) is 0 Å². The Hall–Kier alpha value is -3.64. The number of alkyl halides is 3. The average Bonchev–Trinajstić information content (AvgIpc) is 2.88. The van der Waals surface area contributed by atoms with Gasteiger partial charge in [-0.05, 0) is 84.2 Å². The molecule has 2 fully saturated rings. The van der Waals surface area contributed by atoms with Crippen LogP contribution < -0.4 is 0 Å². The van der Waals surface area contributed by atoms with Gasteiger partial charge in [-0.2, -0.15) is 22.0 Å². The lowest BCUT2D eigenvalue weighted by Gasteiger charge is -2.42. The summed E-state index contributed by atoms with van der Waals surface area (Å²) in [4.78, 5) is 32.2. The smallest absolute Gasteiger partial charge is 0.334 e. The molecule has 4 bridgehead atoms. The van der Waals surface area contributed by atoms with Crippen LogP contribution in [0.1, 0.15) is 81.0 Å². The molecule has 4 aliphatic rings. The summed E-state index contributed by atoms with van der Waals surface area (Å²) in [5, 5.41) is 21.5. The third-order valence-electron chi connectivity index (χ3n) is 8.56. The number of benzene rings is 2. The number of amides is 1. The highest BCUT2D eigenvalue weighted by molar-refractivity contribution is 5.82. The molecule has 3 aliphatic carbocycles. The van der Waals surface area contributed by atoms with E-state index < -0.39 is 45.2 Å². The molecule has 1 amide bonds. The molecule has 4 unspecified atom stereocenters. The maximum Gasteiger partial charge on any atom is 0.471 e. The third-order valence-corrected chi connectivity index (χ3v) is 8.56. The van der Waals surface area contributed by atoms with Gasteiger partial charge in [0.1, 0.15) is 0 Å². The van der Waals surface area contributed by atoms with Gasteiger partial charge in [0, 0.05) is 31.1 Å². The molecule has 6 rings (SSSR count). The molecule has 1 saturated heterocycles. The summed E-state index contributed by atoms with van der Waals surface area (Å²) in [5.41, 5.74) is 2.06. The second-order valence-corrected chi connectivity index (χ2v) is 11.2. The summed E-state index contributed by atoms with van der Waals surface area (Å²) < 4.78 is 65.2. The maximum atomic E-state index is 13.8. The van der Waals surface area contributed by atoms with Gasteiger partial charge in [-0.25, -0.2) is 0 Å². The van der Waals surface area contributed by atoms with Gasteiger partial charge >= 0.3 is 23.5 Å². The summed E-state index contributed by atoms with van der Waals surface area (Å²) in [6, 6.07) is 5.04. The summed E-state index contributed by atoms with van der Waals surface area (Å²) in [6.07, 6.45) is 1.43. The Morgan fingerprint density at radius 1 is 0.786 bits per heavy atom. The number of hydrogen-bond acceptors (Lipinski definition) is 5. The Kier molecular flexibility index (Phi) is 9.63. The predicted molar refractivity (Wildman–Crippen MR) is 145 cm³/mol. The lowest BCUT2D eigenvalue weighted by molar-refractivity contribution is -0.387. The van der Waals surface area contributed by atoms with Gasteiger partial charge in [0.25, 0.3) is 0 Å². The van der Waals surface area contributed by atoms with Crippen LogP contribution in [-0.2, 0) is 17.6 Å². The molecule has 1 saturated carbocycles. The molecule has 1 heterocycles. The fourth-order valence-corrected chi connectivity index (χ4v) is 6.94. The topological polar surface area (TPSA) is 107 Å². The molecule has 4 atom stereocenters. The van der Waals surface area contributed by atoms with Gasteiger partial charge in [0.2, 0.25) is 11.6 Å². The minimum atomic E-state index is -4.94. The molecule has 0 N–H and O–H groups in total. The summed E-state index contributed by atoms with van der Waals surface area (Å²) in [6.45, 7) is -0.196. The minimum absolute atomic E-state index is 0. The van der Waals surface area contributed by atoms with Crippen molar-refractivity contribution in [2.75, 3.05) is 13.1 Å². The molecule has 1 aliphatic heterocycles. The molecule has 0 spiro atoms. The molecule has 0 aromatic heterocycles. The van der Waals surface area contributed by atoms with Crippen LogP contribution in [0.4, 0.5) is 33.3 Å². The van der Waals surface area contributed by atoms with Crippen LogP contribution in [0.3, 0.4) is 0 Å². The molecule has 8 nitrogen and oxygen atoms in total. The Morgan fingerprint density at radius 2 is 1.29 bits per heavy atom. The highest BCUT2D eigenvalue weighted by Gasteiger charge is 2.46. The van der Waals surface area contributed by atoms with Crippen LogP contribution in [0.25, 0.3) is 0 Å². The first-order chi connectivity index (χ1) is 18.8. The quantitative estimate of drug-likeness (QED) is 0.201. The summed E-state index contributed by atoms with van der Waals surface area (Å²) in [5.74, 6) is -3.15. The van der Waals surface area contributed by atoms with E-state index >= 15 is 0 Å². The second kappa shape index (κ2) is 12.3. The monoisotopic (exact) mass is 599 g/mol. The Bertz CT molecular complexity index is 1380. The fourth-order valence-electron chi connectivity index (χ4n) is 6.94. The first kappa shape index (κ1) is 32.9. The van der Waals surface area contributed by atoms with Crippen LogP contribution in [-0.4, -0.2) is 39.9 Å². The zero-order valence-corrected chi connectivity index (χ0v) is 21.3. The van der Waals surface area contributed by atoms with Crippen molar-refractivity contribution in [1.29, 1.82) is 0 Å². The number of rotatable bonds is 2. The van der Waals surface area contributed by atoms with Gasteiger partial charge in [-0.15, -0.1) is 0 Å². The number of nitrogens with zero attached hydrogens (tertiary/aromatic N) is 3. The van der Waals surface area contributed by atoms with E-state index in [2.05, 4.69) is 0 Å². The number of halogens is 5. The van der Waals surface area contributed by atoms with Gasteiger partial charge < -0.3 is 4.90 Å². The number of nitro groups is 2. The van der Waals surface area contributed by atoms with Crippen LogP contribution in [0.2, 0.25) is 0 Å². The lowest BCUT2D eigenvalue weighted by Crippen LogP contribution is -2.50. The number of hydrogen-bond donors (Lipinski definition) is 0. The van der Waals surface area contributed by atoms with Crippen molar-refractivity contribution in [3.8, 4) is 0 Å². The fraction of sp³-hybridized carbons (Fsp3) is 0.552. The van der Waals surface area contributed by atoms with E-state index in [-0.39, 0.29) is 39.5 Å². The SMILES string of the molecule is C.C.O=C(N1CC2Cc3cc([N+](=O)[O-])c(F)cc3C(C2)C1)C(F)(F)F.O=[N+]([O-])c1cc2c(cc1F)C1CCCC(C2)C1. The van der Waals surface area contributed by atoms with E-state index in [4.69, 9.17) is 0 Å². The van der Waals surface area contributed by atoms with Crippen molar-refractivity contribution >= 4 is 17.3 Å². The van der Waals surface area contributed by atoms with E-state index in [9.17, 15) is 47.0 Å². The van der Waals surface area contributed by atoms with Crippen molar-refractivity contribution in [2.24, 2.45) is 11.8 Å². The highest BCUT2D eigenvalue weighted by atomic mass is 19.4. The minimum Gasteiger partial charge on any atom is -0.334 e. The van der Waals surface area contributed by atoms with E-state index in [1.165, 1.54) is 25.0 Å². The van der Waals surface area contributed by atoms with E-state index in [0.717, 1.165) is 47.4 Å². The molecule has 2 aromatic carbocycles. The number of nitro benzene ring substituents is 2. The lowest BCUT2D eigenvalue weighted by atomic mass is 9.69. The van der Waals surface area contributed by atoms with Crippen LogP contribution in [0.5, 0.6) is 0 Å². The number of carbonyl (C=O) groups excluding carboxylic acids is 1. The molecule has 0 radical (unpaired) electrons. The van der Waals surface area contributed by atoms with Gasteiger partial charge in [-0.3, -0.25) is 25.0 Å². The maximum absolute atomic E-state index is 13.8. The normalized spacial score (nSPS) is 23.5. The van der Waals surface area contributed by atoms with E-state index in [1.54, 1.807) is 0 Å². The molecule has 42 heavy (non-hydrogen) atoms. The Morgan fingerprint density at radius 3 is 1.81 bits per heavy atom. The zero-order chi connectivity index (χ0) is 28.9. The summed E-state index contributed by atoms with van der Waals surface area (Å²) in [7, 11) is 0. The molecular formula is C29H34F5N3O5. The van der Waals surface area contributed by atoms with E-state index in [1.807, 2.05) is 0 Å². The van der Waals surface area contributed by atoms with Crippen molar-refractivity contribution in [2.45, 2.75) is 77.8 Å². The van der Waals surface area contributed by atoms with Crippen molar-refractivity contribution in [3.05, 3.63) is 78.4 Å². The standard InChI is InChI=1S/C14H12F4N2O3.C13H14FNO2.2CH4/c15-11-4-10-8(3-12(11)20(22)23)1-7-2-9(10)6-19(5-7)13(21)14(16,17)18;14-12-7-11-9-3-1-2-8(4-9)5-10(11)6-13(12)15(16)17;;/h3-4,7,9H,1-2,5-6H2;6-9H,1-5H2;2*1H4. The number of carbonyl (C=O) groups is 1. The Balaban J connectivity index is 0.000000228. The summed E-state index contributed by atoms with van der Waals surface area (Å²) >= 11 is 0.